The monoisotopic (exact) mass is 366 g/mol. The summed E-state index contributed by atoms with van der Waals surface area (Å²) in [6, 6.07) is 23.9. The van der Waals surface area contributed by atoms with Crippen LogP contribution in [0.5, 0.6) is 0 Å². The molecule has 28 heavy (non-hydrogen) atoms. The van der Waals surface area contributed by atoms with Crippen molar-refractivity contribution in [3.63, 3.8) is 0 Å². The number of carbonyl (C=O) groups excluding carboxylic acids is 1. The Kier molecular flexibility index (Phi) is 4.66. The quantitative estimate of drug-likeness (QED) is 0.477. The molecule has 1 amide bonds. The molecule has 0 radical (unpaired) electrons. The van der Waals surface area contributed by atoms with E-state index in [1.54, 1.807) is 0 Å². The second-order valence-corrected chi connectivity index (χ2v) is 7.27. The average Bonchev–Trinajstić information content (AvgIpc) is 2.66. The molecular weight excluding hydrogens is 344 g/mol. The first-order chi connectivity index (χ1) is 13.5. The minimum atomic E-state index is -0.127. The molecule has 0 atom stereocenters. The van der Waals surface area contributed by atoms with Crippen LogP contribution in [0.3, 0.4) is 0 Å². The second kappa shape index (κ2) is 7.28. The molecule has 0 aliphatic heterocycles. The maximum absolute atomic E-state index is 13.2. The average molecular weight is 366 g/mol. The summed E-state index contributed by atoms with van der Waals surface area (Å²) in [7, 11) is 0. The van der Waals surface area contributed by atoms with Gasteiger partial charge < -0.3 is 5.32 Å². The Morgan fingerprint density at radius 2 is 1.54 bits per heavy atom. The van der Waals surface area contributed by atoms with Crippen molar-refractivity contribution in [3.05, 3.63) is 95.1 Å². The van der Waals surface area contributed by atoms with Gasteiger partial charge in [-0.15, -0.1) is 0 Å². The third-order valence-electron chi connectivity index (χ3n) is 4.75. The van der Waals surface area contributed by atoms with Crippen LogP contribution in [0.25, 0.3) is 22.2 Å². The lowest BCUT2D eigenvalue weighted by Crippen LogP contribution is -2.13. The van der Waals surface area contributed by atoms with E-state index in [4.69, 9.17) is 4.98 Å². The highest BCUT2D eigenvalue weighted by molar-refractivity contribution is 6.13. The third kappa shape index (κ3) is 3.65. The Morgan fingerprint density at radius 1 is 0.786 bits per heavy atom. The first-order valence-corrected chi connectivity index (χ1v) is 9.36. The number of benzene rings is 3. The van der Waals surface area contributed by atoms with Gasteiger partial charge in [0, 0.05) is 16.6 Å². The third-order valence-corrected chi connectivity index (χ3v) is 4.75. The topological polar surface area (TPSA) is 42.0 Å². The highest BCUT2D eigenvalue weighted by atomic mass is 16.1. The van der Waals surface area contributed by atoms with Crippen LogP contribution in [0.15, 0.2) is 72.8 Å². The van der Waals surface area contributed by atoms with Crippen LogP contribution >= 0.6 is 0 Å². The van der Waals surface area contributed by atoms with Gasteiger partial charge in [-0.25, -0.2) is 4.98 Å². The van der Waals surface area contributed by atoms with Crippen molar-refractivity contribution < 1.29 is 4.79 Å². The Hall–Kier alpha value is -3.46. The van der Waals surface area contributed by atoms with Gasteiger partial charge in [0.25, 0.3) is 5.91 Å². The van der Waals surface area contributed by atoms with Crippen molar-refractivity contribution >= 4 is 22.5 Å². The Labute approximate surface area is 165 Å². The molecule has 0 bridgehead atoms. The van der Waals surface area contributed by atoms with Crippen LogP contribution in [-0.2, 0) is 0 Å². The lowest BCUT2D eigenvalue weighted by Gasteiger charge is -2.12. The van der Waals surface area contributed by atoms with Crippen LogP contribution in [-0.4, -0.2) is 10.9 Å². The number of para-hydroxylation sites is 1. The van der Waals surface area contributed by atoms with E-state index < -0.39 is 0 Å². The zero-order chi connectivity index (χ0) is 19.7. The highest BCUT2D eigenvalue weighted by Crippen LogP contribution is 2.26. The second-order valence-electron chi connectivity index (χ2n) is 7.27. The molecule has 1 aromatic heterocycles. The van der Waals surface area contributed by atoms with Crippen LogP contribution in [0.4, 0.5) is 5.69 Å². The fourth-order valence-electron chi connectivity index (χ4n) is 3.56. The van der Waals surface area contributed by atoms with E-state index in [0.29, 0.717) is 5.56 Å². The van der Waals surface area contributed by atoms with E-state index in [0.717, 1.165) is 44.5 Å². The summed E-state index contributed by atoms with van der Waals surface area (Å²) in [6.07, 6.45) is 0. The summed E-state index contributed by atoms with van der Waals surface area (Å²) in [5.74, 6) is -0.127. The van der Waals surface area contributed by atoms with Crippen LogP contribution in [0, 0.1) is 20.8 Å². The molecule has 4 aromatic rings. The number of nitrogens with one attached hydrogen (secondary N) is 1. The van der Waals surface area contributed by atoms with E-state index in [2.05, 4.69) is 30.4 Å². The van der Waals surface area contributed by atoms with E-state index in [9.17, 15) is 4.79 Å². The predicted octanol–water partition coefficient (Wildman–Crippen LogP) is 6.08. The van der Waals surface area contributed by atoms with E-state index in [1.807, 2.05) is 68.4 Å². The molecule has 0 unspecified atom stereocenters. The minimum absolute atomic E-state index is 0.127. The number of rotatable bonds is 3. The number of carbonyl (C=O) groups is 1. The fourth-order valence-corrected chi connectivity index (χ4v) is 3.56. The van der Waals surface area contributed by atoms with Crippen LogP contribution in [0.1, 0.15) is 27.0 Å². The predicted molar refractivity (Wildman–Crippen MR) is 116 cm³/mol. The van der Waals surface area contributed by atoms with E-state index in [-0.39, 0.29) is 5.91 Å². The van der Waals surface area contributed by atoms with Crippen molar-refractivity contribution in [2.45, 2.75) is 20.8 Å². The molecule has 4 rings (SSSR count). The van der Waals surface area contributed by atoms with Crippen molar-refractivity contribution in [3.8, 4) is 11.3 Å². The molecule has 1 N–H and O–H groups in total. The molecule has 0 spiro atoms. The van der Waals surface area contributed by atoms with Gasteiger partial charge in [0.15, 0.2) is 0 Å². The van der Waals surface area contributed by atoms with Gasteiger partial charge in [-0.2, -0.15) is 0 Å². The van der Waals surface area contributed by atoms with E-state index >= 15 is 0 Å². The number of fused-ring (bicyclic) bond motifs is 1. The molecule has 0 saturated carbocycles. The van der Waals surface area contributed by atoms with Gasteiger partial charge >= 0.3 is 0 Å². The molecule has 0 fully saturated rings. The zero-order valence-corrected chi connectivity index (χ0v) is 16.3. The lowest BCUT2D eigenvalue weighted by atomic mass is 10.0. The first-order valence-electron chi connectivity index (χ1n) is 9.36. The summed E-state index contributed by atoms with van der Waals surface area (Å²) in [5.41, 5.74) is 7.45. The number of nitrogens with zero attached hydrogens (tertiary/aromatic N) is 1. The first kappa shape index (κ1) is 17.9. The van der Waals surface area contributed by atoms with Crippen molar-refractivity contribution in [1.29, 1.82) is 0 Å². The van der Waals surface area contributed by atoms with Crippen molar-refractivity contribution in [2.24, 2.45) is 0 Å². The fraction of sp³-hybridized carbons (Fsp3) is 0.120. The van der Waals surface area contributed by atoms with Gasteiger partial charge in [-0.1, -0.05) is 48.0 Å². The Morgan fingerprint density at radius 3 is 2.29 bits per heavy atom. The maximum atomic E-state index is 13.2. The summed E-state index contributed by atoms with van der Waals surface area (Å²) >= 11 is 0. The molecule has 0 saturated heterocycles. The molecule has 3 aromatic carbocycles. The molecule has 1 heterocycles. The zero-order valence-electron chi connectivity index (χ0n) is 16.3. The van der Waals surface area contributed by atoms with Gasteiger partial charge in [-0.05, 0) is 62.2 Å². The maximum Gasteiger partial charge on any atom is 0.256 e. The van der Waals surface area contributed by atoms with Gasteiger partial charge in [0.05, 0.1) is 16.8 Å². The smallest absolute Gasteiger partial charge is 0.256 e. The summed E-state index contributed by atoms with van der Waals surface area (Å²) in [4.78, 5) is 17.9. The largest absolute Gasteiger partial charge is 0.322 e. The molecule has 3 nitrogen and oxygen atoms in total. The van der Waals surface area contributed by atoms with E-state index in [1.165, 1.54) is 0 Å². The molecule has 0 aliphatic rings. The summed E-state index contributed by atoms with van der Waals surface area (Å²) in [5, 5.41) is 3.90. The van der Waals surface area contributed by atoms with Gasteiger partial charge in [0.2, 0.25) is 0 Å². The number of amides is 1. The van der Waals surface area contributed by atoms with Gasteiger partial charge in [0.1, 0.15) is 0 Å². The molecule has 138 valence electrons. The number of pyridine rings is 1. The minimum Gasteiger partial charge on any atom is -0.322 e. The number of aryl methyl sites for hydroxylation is 3. The number of anilines is 1. The summed E-state index contributed by atoms with van der Waals surface area (Å²) < 4.78 is 0. The summed E-state index contributed by atoms with van der Waals surface area (Å²) in [6.45, 7) is 6.11. The number of hydrogen-bond donors (Lipinski definition) is 1. The molecule has 0 aliphatic carbocycles. The van der Waals surface area contributed by atoms with Gasteiger partial charge in [-0.3, -0.25) is 4.79 Å². The van der Waals surface area contributed by atoms with Crippen molar-refractivity contribution in [2.75, 3.05) is 5.32 Å². The highest BCUT2D eigenvalue weighted by Gasteiger charge is 2.14. The Bertz CT molecular complexity index is 1170. The van der Waals surface area contributed by atoms with Crippen LogP contribution < -0.4 is 5.32 Å². The Balaban J connectivity index is 1.81. The lowest BCUT2D eigenvalue weighted by molar-refractivity contribution is 0.102. The standard InChI is InChI=1S/C25H22N2O/c1-16-7-6-8-19(12-16)24-15-22(21-9-4-5-10-23(21)27-24)25(28)26-20-13-17(2)11-18(3)14-20/h4-15H,1-3H3,(H,26,28). The van der Waals surface area contributed by atoms with Crippen LogP contribution in [0.2, 0.25) is 0 Å². The molecule has 3 heteroatoms. The number of hydrogen-bond acceptors (Lipinski definition) is 2. The normalized spacial score (nSPS) is 10.8. The SMILES string of the molecule is Cc1cc(C)cc(NC(=O)c2cc(-c3cccc(C)c3)nc3ccccc23)c1. The molecular formula is C25H22N2O. The van der Waals surface area contributed by atoms with Crippen molar-refractivity contribution in [1.82, 2.24) is 4.98 Å². The number of aromatic nitrogens is 1.